The third-order valence-corrected chi connectivity index (χ3v) is 5.27. The molecule has 0 bridgehead atoms. The Morgan fingerprint density at radius 3 is 1.95 bits per heavy atom. The van der Waals surface area contributed by atoms with E-state index in [1.807, 2.05) is 6.07 Å². The second-order valence-corrected chi connectivity index (χ2v) is 7.22. The summed E-state index contributed by atoms with van der Waals surface area (Å²) >= 11 is 13.6. The summed E-state index contributed by atoms with van der Waals surface area (Å²) in [6.07, 6.45) is 0. The normalized spacial score (nSPS) is 12.8. The number of nitrogens with two attached hydrogens (primary N) is 1. The molecule has 0 fully saturated rings. The average Bonchev–Trinajstić information content (AvgIpc) is 2.66. The molecule has 0 saturated carbocycles. The number of aryl methyl sites for hydroxylation is 2. The molecule has 0 saturated heterocycles. The molecule has 102 valence electrons. The number of rotatable bonds is 2. The van der Waals surface area contributed by atoms with E-state index in [4.69, 9.17) is 28.9 Å². The maximum Gasteiger partial charge on any atom is 0.0995 e. The average molecular weight is 314 g/mol. The highest BCUT2D eigenvalue weighted by Gasteiger charge is 2.20. The third kappa shape index (κ3) is 2.68. The first-order chi connectivity index (χ1) is 8.82. The van der Waals surface area contributed by atoms with Crippen LogP contribution in [0.15, 0.2) is 12.1 Å². The second kappa shape index (κ2) is 5.45. The van der Waals surface area contributed by atoms with Gasteiger partial charge in [-0.25, -0.2) is 0 Å². The van der Waals surface area contributed by atoms with Crippen molar-refractivity contribution in [3.8, 4) is 0 Å². The maximum absolute atomic E-state index is 6.43. The molecule has 1 aromatic carbocycles. The summed E-state index contributed by atoms with van der Waals surface area (Å²) in [6, 6.07) is 3.84. The Hall–Kier alpha value is -0.540. The molecule has 1 aromatic heterocycles. The van der Waals surface area contributed by atoms with Crippen LogP contribution in [-0.4, -0.2) is 0 Å². The minimum atomic E-state index is -0.227. The molecule has 2 N–H and O–H groups in total. The highest BCUT2D eigenvalue weighted by atomic mass is 35.5. The van der Waals surface area contributed by atoms with Crippen LogP contribution in [0.2, 0.25) is 8.67 Å². The van der Waals surface area contributed by atoms with Gasteiger partial charge in [0.05, 0.1) is 14.7 Å². The van der Waals surface area contributed by atoms with Gasteiger partial charge in [0.25, 0.3) is 0 Å². The van der Waals surface area contributed by atoms with Crippen molar-refractivity contribution < 1.29 is 0 Å². The van der Waals surface area contributed by atoms with Gasteiger partial charge in [0.2, 0.25) is 0 Å². The van der Waals surface area contributed by atoms with E-state index >= 15 is 0 Å². The molecule has 0 radical (unpaired) electrons. The predicted molar refractivity (Wildman–Crippen MR) is 85.8 cm³/mol. The fraction of sp³-hybridized carbons (Fsp3) is 0.333. The van der Waals surface area contributed by atoms with Gasteiger partial charge in [0.15, 0.2) is 0 Å². The monoisotopic (exact) mass is 313 g/mol. The van der Waals surface area contributed by atoms with Gasteiger partial charge < -0.3 is 5.73 Å². The van der Waals surface area contributed by atoms with E-state index in [2.05, 4.69) is 33.8 Å². The smallest absolute Gasteiger partial charge is 0.0995 e. The van der Waals surface area contributed by atoms with Gasteiger partial charge in [-0.2, -0.15) is 0 Å². The summed E-state index contributed by atoms with van der Waals surface area (Å²) in [5.74, 6) is 0. The summed E-state index contributed by atoms with van der Waals surface area (Å²) in [5, 5.41) is 0. The SMILES string of the molecule is Cc1cc(C)c(C)c(C(N)c2cc(Cl)sc2Cl)c1C. The first-order valence-corrected chi connectivity index (χ1v) is 7.67. The fourth-order valence-electron chi connectivity index (χ4n) is 2.43. The Morgan fingerprint density at radius 2 is 1.53 bits per heavy atom. The van der Waals surface area contributed by atoms with Gasteiger partial charge in [-0.1, -0.05) is 29.3 Å². The molecule has 4 heteroatoms. The Labute approximate surface area is 128 Å². The molecule has 1 atom stereocenters. The van der Waals surface area contributed by atoms with Gasteiger partial charge >= 0.3 is 0 Å². The minimum Gasteiger partial charge on any atom is -0.320 e. The lowest BCUT2D eigenvalue weighted by molar-refractivity contribution is 0.850. The number of hydrogen-bond donors (Lipinski definition) is 1. The van der Waals surface area contributed by atoms with Crippen LogP contribution in [0, 0.1) is 27.7 Å². The first-order valence-electron chi connectivity index (χ1n) is 6.10. The Bertz CT molecular complexity index is 605. The lowest BCUT2D eigenvalue weighted by atomic mass is 9.88. The number of benzene rings is 1. The summed E-state index contributed by atoms with van der Waals surface area (Å²) in [6.45, 7) is 8.44. The van der Waals surface area contributed by atoms with Crippen molar-refractivity contribution in [2.24, 2.45) is 5.73 Å². The van der Waals surface area contributed by atoms with Crippen LogP contribution in [0.1, 0.15) is 39.4 Å². The van der Waals surface area contributed by atoms with Crippen molar-refractivity contribution in [2.75, 3.05) is 0 Å². The summed E-state index contributed by atoms with van der Waals surface area (Å²) in [5.41, 5.74) is 13.5. The molecule has 1 heterocycles. The first kappa shape index (κ1) is 14.9. The lowest BCUT2D eigenvalue weighted by Gasteiger charge is -2.21. The molecule has 0 aliphatic rings. The highest BCUT2D eigenvalue weighted by molar-refractivity contribution is 7.20. The van der Waals surface area contributed by atoms with Crippen LogP contribution in [0.5, 0.6) is 0 Å². The van der Waals surface area contributed by atoms with E-state index in [1.54, 1.807) is 0 Å². The van der Waals surface area contributed by atoms with Gasteiger partial charge in [0, 0.05) is 5.56 Å². The van der Waals surface area contributed by atoms with Gasteiger partial charge in [-0.15, -0.1) is 11.3 Å². The van der Waals surface area contributed by atoms with Crippen LogP contribution in [0.4, 0.5) is 0 Å². The Balaban J connectivity index is 2.62. The number of hydrogen-bond acceptors (Lipinski definition) is 2. The molecule has 0 aliphatic heterocycles. The van der Waals surface area contributed by atoms with Crippen molar-refractivity contribution in [2.45, 2.75) is 33.7 Å². The molecule has 19 heavy (non-hydrogen) atoms. The molecular formula is C15H17Cl2NS. The predicted octanol–water partition coefficient (Wildman–Crippen LogP) is 5.34. The standard InChI is InChI=1S/C15H17Cl2NS/c1-7-5-8(2)10(4)13(9(7)3)14(18)11-6-12(16)19-15(11)17/h5-6,14H,18H2,1-4H3. The molecule has 0 amide bonds. The molecule has 1 unspecified atom stereocenters. The van der Waals surface area contributed by atoms with Gasteiger partial charge in [-0.05, 0) is 61.6 Å². The summed E-state index contributed by atoms with van der Waals surface area (Å²) in [4.78, 5) is 0. The van der Waals surface area contributed by atoms with E-state index < -0.39 is 0 Å². The zero-order valence-corrected chi connectivity index (χ0v) is 13.8. The van der Waals surface area contributed by atoms with Gasteiger partial charge in [0.1, 0.15) is 0 Å². The van der Waals surface area contributed by atoms with E-state index in [0.717, 1.165) is 11.1 Å². The van der Waals surface area contributed by atoms with Crippen LogP contribution in [0.3, 0.4) is 0 Å². The van der Waals surface area contributed by atoms with Crippen molar-refractivity contribution >= 4 is 34.5 Å². The number of thiophene rings is 1. The van der Waals surface area contributed by atoms with E-state index in [-0.39, 0.29) is 6.04 Å². The Kier molecular flexibility index (Phi) is 4.26. The molecule has 1 nitrogen and oxygen atoms in total. The van der Waals surface area contributed by atoms with Crippen molar-refractivity contribution in [1.82, 2.24) is 0 Å². The molecule has 0 spiro atoms. The Morgan fingerprint density at radius 1 is 1.00 bits per heavy atom. The molecule has 2 aromatic rings. The molecule has 2 rings (SSSR count). The zero-order chi connectivity index (χ0) is 14.3. The van der Waals surface area contributed by atoms with Crippen molar-refractivity contribution in [1.29, 1.82) is 0 Å². The van der Waals surface area contributed by atoms with Crippen LogP contribution >= 0.6 is 34.5 Å². The van der Waals surface area contributed by atoms with Crippen molar-refractivity contribution in [3.05, 3.63) is 54.2 Å². The van der Waals surface area contributed by atoms with Crippen LogP contribution in [-0.2, 0) is 0 Å². The zero-order valence-electron chi connectivity index (χ0n) is 11.5. The fourth-order valence-corrected chi connectivity index (χ4v) is 3.98. The van der Waals surface area contributed by atoms with Crippen LogP contribution < -0.4 is 5.73 Å². The summed E-state index contributed by atoms with van der Waals surface area (Å²) in [7, 11) is 0. The lowest BCUT2D eigenvalue weighted by Crippen LogP contribution is -2.16. The maximum atomic E-state index is 6.43. The van der Waals surface area contributed by atoms with Gasteiger partial charge in [-0.3, -0.25) is 0 Å². The van der Waals surface area contributed by atoms with Crippen molar-refractivity contribution in [3.63, 3.8) is 0 Å². The quantitative estimate of drug-likeness (QED) is 0.796. The highest BCUT2D eigenvalue weighted by Crippen LogP contribution is 2.38. The summed E-state index contributed by atoms with van der Waals surface area (Å²) < 4.78 is 1.35. The van der Waals surface area contributed by atoms with E-state index in [0.29, 0.717) is 8.67 Å². The second-order valence-electron chi connectivity index (χ2n) is 4.93. The third-order valence-electron chi connectivity index (χ3n) is 3.75. The van der Waals surface area contributed by atoms with Crippen LogP contribution in [0.25, 0.3) is 0 Å². The number of halogens is 2. The molecule has 0 aliphatic carbocycles. The molecular weight excluding hydrogens is 297 g/mol. The van der Waals surface area contributed by atoms with E-state index in [1.165, 1.54) is 33.6 Å². The minimum absolute atomic E-state index is 0.227. The topological polar surface area (TPSA) is 26.0 Å². The van der Waals surface area contributed by atoms with E-state index in [9.17, 15) is 0 Å². The largest absolute Gasteiger partial charge is 0.320 e.